The van der Waals surface area contributed by atoms with E-state index in [1.54, 1.807) is 12.1 Å². The third-order valence-electron chi connectivity index (χ3n) is 3.97. The van der Waals surface area contributed by atoms with Gasteiger partial charge in [-0.2, -0.15) is 0 Å². The summed E-state index contributed by atoms with van der Waals surface area (Å²) in [6, 6.07) is 16.8. The third kappa shape index (κ3) is 4.31. The maximum absolute atomic E-state index is 12.3. The summed E-state index contributed by atoms with van der Waals surface area (Å²) in [5.41, 5.74) is 3.60. The van der Waals surface area contributed by atoms with E-state index in [-0.39, 0.29) is 5.91 Å². The van der Waals surface area contributed by atoms with Gasteiger partial charge in [0.15, 0.2) is 0 Å². The van der Waals surface area contributed by atoms with Gasteiger partial charge in [-0.1, -0.05) is 18.2 Å². The molecule has 23 heavy (non-hydrogen) atoms. The SMILES string of the molecule is C[NH+]1CCN(NC(=O)c2ccc(Oc3ccccc3)cc2)CC1. The van der Waals surface area contributed by atoms with E-state index in [2.05, 4.69) is 12.5 Å². The molecule has 3 rings (SSSR count). The number of nitrogens with one attached hydrogen (secondary N) is 2. The lowest BCUT2D eigenvalue weighted by Gasteiger charge is -2.30. The molecule has 0 atom stereocenters. The summed E-state index contributed by atoms with van der Waals surface area (Å²) < 4.78 is 5.73. The Hall–Kier alpha value is -2.37. The van der Waals surface area contributed by atoms with Crippen LogP contribution in [0.5, 0.6) is 11.5 Å². The number of benzene rings is 2. The van der Waals surface area contributed by atoms with Crippen molar-refractivity contribution >= 4 is 5.91 Å². The monoisotopic (exact) mass is 312 g/mol. The minimum absolute atomic E-state index is 0.0733. The molecule has 2 aromatic rings. The van der Waals surface area contributed by atoms with Crippen LogP contribution in [0.3, 0.4) is 0 Å². The molecular weight excluding hydrogens is 290 g/mol. The highest BCUT2D eigenvalue weighted by atomic mass is 16.5. The Balaban J connectivity index is 1.57. The Labute approximate surface area is 136 Å². The molecule has 120 valence electrons. The van der Waals surface area contributed by atoms with E-state index < -0.39 is 0 Å². The smallest absolute Gasteiger partial charge is 0.265 e. The Morgan fingerprint density at radius 3 is 2.26 bits per heavy atom. The highest BCUT2D eigenvalue weighted by molar-refractivity contribution is 5.93. The standard InChI is InChI=1S/C18H21N3O2/c1-20-11-13-21(14-12-20)19-18(22)15-7-9-17(10-8-15)23-16-5-3-2-4-6-16/h2-10H,11-14H2,1H3,(H,19,22)/p+1. The number of ether oxygens (including phenoxy) is 1. The second kappa shape index (κ2) is 7.26. The number of piperazine rings is 1. The fourth-order valence-electron chi connectivity index (χ4n) is 2.51. The third-order valence-corrected chi connectivity index (χ3v) is 3.97. The fraction of sp³-hybridized carbons (Fsp3) is 0.278. The van der Waals surface area contributed by atoms with E-state index in [0.717, 1.165) is 37.7 Å². The minimum atomic E-state index is -0.0733. The summed E-state index contributed by atoms with van der Waals surface area (Å²) in [7, 11) is 2.17. The minimum Gasteiger partial charge on any atom is -0.457 e. The van der Waals surface area contributed by atoms with Gasteiger partial charge in [0.1, 0.15) is 11.5 Å². The first-order valence-electron chi connectivity index (χ1n) is 7.91. The van der Waals surface area contributed by atoms with Crippen molar-refractivity contribution in [2.75, 3.05) is 33.2 Å². The van der Waals surface area contributed by atoms with Gasteiger partial charge in [-0.05, 0) is 36.4 Å². The fourth-order valence-corrected chi connectivity index (χ4v) is 2.51. The van der Waals surface area contributed by atoms with E-state index in [4.69, 9.17) is 4.74 Å². The molecule has 1 aliphatic rings. The number of rotatable bonds is 4. The largest absolute Gasteiger partial charge is 0.457 e. The summed E-state index contributed by atoms with van der Waals surface area (Å²) in [6.07, 6.45) is 0. The molecule has 1 saturated heterocycles. The zero-order valence-corrected chi connectivity index (χ0v) is 13.3. The van der Waals surface area contributed by atoms with Crippen molar-refractivity contribution in [3.8, 4) is 11.5 Å². The Bertz CT molecular complexity index is 635. The topological polar surface area (TPSA) is 46.0 Å². The van der Waals surface area contributed by atoms with Crippen LogP contribution in [0.1, 0.15) is 10.4 Å². The lowest BCUT2D eigenvalue weighted by Crippen LogP contribution is -3.12. The normalized spacial score (nSPS) is 16.0. The number of likely N-dealkylation sites (N-methyl/N-ethyl adjacent to an activating group) is 1. The van der Waals surface area contributed by atoms with Gasteiger partial charge in [-0.25, -0.2) is 5.01 Å². The first-order valence-corrected chi connectivity index (χ1v) is 7.91. The van der Waals surface area contributed by atoms with Crippen LogP contribution >= 0.6 is 0 Å². The van der Waals surface area contributed by atoms with E-state index in [1.165, 1.54) is 4.90 Å². The number of amides is 1. The van der Waals surface area contributed by atoms with Gasteiger partial charge in [0.05, 0.1) is 33.2 Å². The summed E-state index contributed by atoms with van der Waals surface area (Å²) in [6.45, 7) is 3.85. The second-order valence-electron chi connectivity index (χ2n) is 5.82. The van der Waals surface area contributed by atoms with Crippen molar-refractivity contribution in [2.45, 2.75) is 0 Å². The van der Waals surface area contributed by atoms with Crippen molar-refractivity contribution < 1.29 is 14.4 Å². The highest BCUT2D eigenvalue weighted by Gasteiger charge is 2.18. The molecule has 0 bridgehead atoms. The molecular formula is C18H22N3O2+. The van der Waals surface area contributed by atoms with Crippen LogP contribution in [-0.2, 0) is 0 Å². The van der Waals surface area contributed by atoms with Gasteiger partial charge in [0.2, 0.25) is 0 Å². The van der Waals surface area contributed by atoms with Crippen LogP contribution in [0.25, 0.3) is 0 Å². The number of hydrazine groups is 1. The van der Waals surface area contributed by atoms with Crippen LogP contribution in [0.15, 0.2) is 54.6 Å². The van der Waals surface area contributed by atoms with Crippen molar-refractivity contribution in [2.24, 2.45) is 0 Å². The lowest BCUT2D eigenvalue weighted by atomic mass is 10.2. The van der Waals surface area contributed by atoms with E-state index in [1.807, 2.05) is 47.5 Å². The molecule has 1 amide bonds. The van der Waals surface area contributed by atoms with E-state index >= 15 is 0 Å². The van der Waals surface area contributed by atoms with Gasteiger partial charge in [0.25, 0.3) is 5.91 Å². The molecule has 2 N–H and O–H groups in total. The van der Waals surface area contributed by atoms with Crippen LogP contribution < -0.4 is 15.1 Å². The molecule has 1 heterocycles. The first-order chi connectivity index (χ1) is 11.2. The molecule has 0 aromatic heterocycles. The molecule has 0 unspecified atom stereocenters. The average molecular weight is 312 g/mol. The van der Waals surface area contributed by atoms with Crippen molar-refractivity contribution in [1.29, 1.82) is 0 Å². The summed E-state index contributed by atoms with van der Waals surface area (Å²) in [5.74, 6) is 1.43. The number of hydrogen-bond donors (Lipinski definition) is 2. The van der Waals surface area contributed by atoms with Crippen LogP contribution in [0.4, 0.5) is 0 Å². The molecule has 1 aliphatic heterocycles. The van der Waals surface area contributed by atoms with Crippen LogP contribution in [0.2, 0.25) is 0 Å². The summed E-state index contributed by atoms with van der Waals surface area (Å²) in [4.78, 5) is 13.8. The van der Waals surface area contributed by atoms with Crippen molar-refractivity contribution in [3.05, 3.63) is 60.2 Å². The summed E-state index contributed by atoms with van der Waals surface area (Å²) in [5, 5.41) is 1.99. The van der Waals surface area contributed by atoms with Crippen LogP contribution in [0, 0.1) is 0 Å². The number of nitrogens with zero attached hydrogens (tertiary/aromatic N) is 1. The number of carbonyl (C=O) groups is 1. The molecule has 0 radical (unpaired) electrons. The molecule has 1 fully saturated rings. The van der Waals surface area contributed by atoms with Gasteiger partial charge in [-0.15, -0.1) is 0 Å². The van der Waals surface area contributed by atoms with Crippen molar-refractivity contribution in [1.82, 2.24) is 10.4 Å². The van der Waals surface area contributed by atoms with Gasteiger partial charge < -0.3 is 9.64 Å². The Morgan fingerprint density at radius 1 is 1.00 bits per heavy atom. The molecule has 5 heteroatoms. The predicted octanol–water partition coefficient (Wildman–Crippen LogP) is 0.954. The zero-order valence-electron chi connectivity index (χ0n) is 13.3. The van der Waals surface area contributed by atoms with Gasteiger partial charge in [0, 0.05) is 5.56 Å². The maximum Gasteiger partial charge on any atom is 0.265 e. The Morgan fingerprint density at radius 2 is 1.61 bits per heavy atom. The van der Waals surface area contributed by atoms with Crippen LogP contribution in [-0.4, -0.2) is 44.1 Å². The number of quaternary nitrogens is 1. The molecule has 2 aromatic carbocycles. The van der Waals surface area contributed by atoms with E-state index in [0.29, 0.717) is 5.56 Å². The molecule has 5 nitrogen and oxygen atoms in total. The van der Waals surface area contributed by atoms with Crippen molar-refractivity contribution in [3.63, 3.8) is 0 Å². The second-order valence-corrected chi connectivity index (χ2v) is 5.82. The predicted molar refractivity (Wildman–Crippen MR) is 88.6 cm³/mol. The number of para-hydroxylation sites is 1. The average Bonchev–Trinajstić information content (AvgIpc) is 2.58. The quantitative estimate of drug-likeness (QED) is 0.884. The van der Waals surface area contributed by atoms with Gasteiger partial charge in [-0.3, -0.25) is 10.2 Å². The Kier molecular flexibility index (Phi) is 4.90. The lowest BCUT2D eigenvalue weighted by molar-refractivity contribution is -0.884. The molecule has 0 spiro atoms. The summed E-state index contributed by atoms with van der Waals surface area (Å²) >= 11 is 0. The maximum atomic E-state index is 12.3. The zero-order chi connectivity index (χ0) is 16.1. The molecule has 0 aliphatic carbocycles. The highest BCUT2D eigenvalue weighted by Crippen LogP contribution is 2.21. The number of carbonyl (C=O) groups excluding carboxylic acids is 1. The first kappa shape index (κ1) is 15.5. The molecule has 0 saturated carbocycles. The van der Waals surface area contributed by atoms with Gasteiger partial charge >= 0.3 is 0 Å². The van der Waals surface area contributed by atoms with E-state index in [9.17, 15) is 4.79 Å². The number of hydrogen-bond acceptors (Lipinski definition) is 3.